The van der Waals surface area contributed by atoms with Crippen LogP contribution in [-0.2, 0) is 4.79 Å². The normalized spacial score (nSPS) is 14.6. The first-order chi connectivity index (χ1) is 7.56. The van der Waals surface area contributed by atoms with Crippen molar-refractivity contribution in [1.29, 1.82) is 0 Å². The monoisotopic (exact) mass is 285 g/mol. The van der Waals surface area contributed by atoms with Crippen LogP contribution in [0.5, 0.6) is 0 Å². The third-order valence-electron chi connectivity index (χ3n) is 2.43. The van der Waals surface area contributed by atoms with Gasteiger partial charge in [0.1, 0.15) is 5.82 Å². The number of ketones is 1. The zero-order chi connectivity index (χ0) is 11.9. The Kier molecular flexibility index (Phi) is 2.80. The van der Waals surface area contributed by atoms with E-state index in [1.54, 1.807) is 0 Å². The van der Waals surface area contributed by atoms with Crippen molar-refractivity contribution in [3.05, 3.63) is 28.0 Å². The summed E-state index contributed by atoms with van der Waals surface area (Å²) in [5, 5.41) is 0. The molecule has 2 rings (SSSR count). The predicted octanol–water partition coefficient (Wildman–Crippen LogP) is 2.53. The third-order valence-corrected chi connectivity index (χ3v) is 3.03. The standard InChI is InChI=1S/C11H9BrFNO2/c1-2-3-14-9-7(10(15)11(14)16)4-6(13)5-8(9)12/h4-5H,2-3H2,1H3. The SMILES string of the molecule is CCCN1C(=O)C(=O)c2cc(F)cc(Br)c21. The highest BCUT2D eigenvalue weighted by atomic mass is 79.9. The Morgan fingerprint density at radius 3 is 2.69 bits per heavy atom. The highest BCUT2D eigenvalue weighted by Gasteiger charge is 2.37. The minimum absolute atomic E-state index is 0.144. The van der Waals surface area contributed by atoms with Crippen molar-refractivity contribution < 1.29 is 14.0 Å². The molecule has 0 saturated heterocycles. The summed E-state index contributed by atoms with van der Waals surface area (Å²) >= 11 is 3.18. The second kappa shape index (κ2) is 3.97. The van der Waals surface area contributed by atoms with Crippen LogP contribution in [0, 0.1) is 5.82 Å². The molecule has 0 bridgehead atoms. The van der Waals surface area contributed by atoms with Gasteiger partial charge in [0.2, 0.25) is 0 Å². The highest BCUT2D eigenvalue weighted by molar-refractivity contribution is 9.10. The maximum atomic E-state index is 13.1. The molecule has 1 aliphatic rings. The molecule has 1 aromatic carbocycles. The Balaban J connectivity index is 2.60. The van der Waals surface area contributed by atoms with Gasteiger partial charge in [0.15, 0.2) is 0 Å². The topological polar surface area (TPSA) is 37.4 Å². The van der Waals surface area contributed by atoms with E-state index in [1.807, 2.05) is 6.92 Å². The molecule has 16 heavy (non-hydrogen) atoms. The van der Waals surface area contributed by atoms with Crippen molar-refractivity contribution in [2.75, 3.05) is 11.4 Å². The lowest BCUT2D eigenvalue weighted by Crippen LogP contribution is -2.30. The zero-order valence-electron chi connectivity index (χ0n) is 8.59. The van der Waals surface area contributed by atoms with Gasteiger partial charge in [-0.1, -0.05) is 6.92 Å². The van der Waals surface area contributed by atoms with E-state index >= 15 is 0 Å². The van der Waals surface area contributed by atoms with Crippen molar-refractivity contribution in [2.45, 2.75) is 13.3 Å². The summed E-state index contributed by atoms with van der Waals surface area (Å²) in [5.74, 6) is -1.74. The van der Waals surface area contributed by atoms with Gasteiger partial charge in [-0.15, -0.1) is 0 Å². The molecule has 84 valence electrons. The second-order valence-corrected chi connectivity index (χ2v) is 4.42. The van der Waals surface area contributed by atoms with Crippen molar-refractivity contribution in [1.82, 2.24) is 0 Å². The summed E-state index contributed by atoms with van der Waals surface area (Å²) in [7, 11) is 0. The average molecular weight is 286 g/mol. The first-order valence-corrected chi connectivity index (χ1v) is 5.70. The van der Waals surface area contributed by atoms with Crippen molar-refractivity contribution in [3.63, 3.8) is 0 Å². The van der Waals surface area contributed by atoms with Gasteiger partial charge in [0.25, 0.3) is 11.7 Å². The van der Waals surface area contributed by atoms with Gasteiger partial charge < -0.3 is 4.90 Å². The maximum absolute atomic E-state index is 13.1. The lowest BCUT2D eigenvalue weighted by atomic mass is 10.1. The Labute approximate surface area is 100 Å². The van der Waals surface area contributed by atoms with Gasteiger partial charge in [-0.05, 0) is 34.5 Å². The first kappa shape index (κ1) is 11.3. The van der Waals surface area contributed by atoms with E-state index in [2.05, 4.69) is 15.9 Å². The van der Waals surface area contributed by atoms with Crippen LogP contribution < -0.4 is 4.90 Å². The van der Waals surface area contributed by atoms with E-state index in [-0.39, 0.29) is 5.56 Å². The fraction of sp³-hybridized carbons (Fsp3) is 0.273. The van der Waals surface area contributed by atoms with E-state index in [4.69, 9.17) is 0 Å². The molecule has 0 aromatic heterocycles. The Hall–Kier alpha value is -1.23. The number of carbonyl (C=O) groups excluding carboxylic acids is 2. The molecule has 1 aliphatic heterocycles. The van der Waals surface area contributed by atoms with Crippen LogP contribution in [0.2, 0.25) is 0 Å². The van der Waals surface area contributed by atoms with Crippen molar-refractivity contribution >= 4 is 33.3 Å². The lowest BCUT2D eigenvalue weighted by Gasteiger charge is -2.16. The smallest absolute Gasteiger partial charge is 0.299 e. The summed E-state index contributed by atoms with van der Waals surface area (Å²) in [4.78, 5) is 24.6. The zero-order valence-corrected chi connectivity index (χ0v) is 10.2. The predicted molar refractivity (Wildman–Crippen MR) is 61.1 cm³/mol. The molecular formula is C11H9BrFNO2. The number of rotatable bonds is 2. The molecule has 0 radical (unpaired) electrons. The number of benzene rings is 1. The number of nitrogens with zero attached hydrogens (tertiary/aromatic N) is 1. The molecule has 0 atom stereocenters. The number of fused-ring (bicyclic) bond motifs is 1. The summed E-state index contributed by atoms with van der Waals surface area (Å²) in [5.41, 5.74) is 0.628. The van der Waals surface area contributed by atoms with Gasteiger partial charge in [-0.2, -0.15) is 0 Å². The van der Waals surface area contributed by atoms with Crippen LogP contribution in [0.15, 0.2) is 16.6 Å². The molecule has 1 heterocycles. The van der Waals surface area contributed by atoms with E-state index in [0.717, 1.165) is 12.5 Å². The summed E-state index contributed by atoms with van der Waals surface area (Å²) in [6.07, 6.45) is 0.738. The average Bonchev–Trinajstić information content (AvgIpc) is 2.44. The van der Waals surface area contributed by atoms with Crippen molar-refractivity contribution in [2.24, 2.45) is 0 Å². The summed E-state index contributed by atoms with van der Waals surface area (Å²) < 4.78 is 13.6. The van der Waals surface area contributed by atoms with Crippen LogP contribution in [0.3, 0.4) is 0 Å². The number of amides is 1. The molecule has 3 nitrogen and oxygen atoms in total. The number of Topliss-reactive ketones (excluding diaryl/α,β-unsaturated/α-hetero) is 1. The molecule has 0 aliphatic carbocycles. The van der Waals surface area contributed by atoms with E-state index in [0.29, 0.717) is 16.7 Å². The van der Waals surface area contributed by atoms with Crippen LogP contribution in [0.1, 0.15) is 23.7 Å². The quantitative estimate of drug-likeness (QED) is 0.783. The molecule has 0 saturated carbocycles. The van der Waals surface area contributed by atoms with E-state index in [9.17, 15) is 14.0 Å². The number of carbonyl (C=O) groups is 2. The van der Waals surface area contributed by atoms with Crippen LogP contribution in [0.25, 0.3) is 0 Å². The van der Waals surface area contributed by atoms with E-state index < -0.39 is 17.5 Å². The first-order valence-electron chi connectivity index (χ1n) is 4.91. The third kappa shape index (κ3) is 1.55. The van der Waals surface area contributed by atoms with Gasteiger partial charge in [-0.25, -0.2) is 4.39 Å². The fourth-order valence-corrected chi connectivity index (χ4v) is 2.44. The van der Waals surface area contributed by atoms with Gasteiger partial charge in [0, 0.05) is 11.0 Å². The van der Waals surface area contributed by atoms with Gasteiger partial charge in [0.05, 0.1) is 11.3 Å². The number of hydrogen-bond acceptors (Lipinski definition) is 2. The minimum atomic E-state index is -0.636. The second-order valence-electron chi connectivity index (χ2n) is 3.57. The Bertz CT molecular complexity index is 487. The molecule has 0 spiro atoms. The molecule has 0 fully saturated rings. The van der Waals surface area contributed by atoms with Crippen LogP contribution in [0.4, 0.5) is 10.1 Å². The molecule has 0 unspecified atom stereocenters. The molecular weight excluding hydrogens is 277 g/mol. The molecule has 1 amide bonds. The van der Waals surface area contributed by atoms with Gasteiger partial charge in [-0.3, -0.25) is 9.59 Å². The summed E-state index contributed by atoms with van der Waals surface area (Å²) in [6.45, 7) is 2.37. The molecule has 0 N–H and O–H groups in total. The number of hydrogen-bond donors (Lipinski definition) is 0. The van der Waals surface area contributed by atoms with E-state index in [1.165, 1.54) is 11.0 Å². The molecule has 5 heteroatoms. The Morgan fingerprint density at radius 1 is 1.38 bits per heavy atom. The fourth-order valence-electron chi connectivity index (χ4n) is 1.79. The Morgan fingerprint density at radius 2 is 2.06 bits per heavy atom. The molecule has 1 aromatic rings. The maximum Gasteiger partial charge on any atom is 0.299 e. The highest BCUT2D eigenvalue weighted by Crippen LogP contribution is 2.36. The minimum Gasteiger partial charge on any atom is -0.304 e. The largest absolute Gasteiger partial charge is 0.304 e. The lowest BCUT2D eigenvalue weighted by molar-refractivity contribution is -0.114. The van der Waals surface area contributed by atoms with Gasteiger partial charge >= 0.3 is 0 Å². The van der Waals surface area contributed by atoms with Crippen molar-refractivity contribution in [3.8, 4) is 0 Å². The number of halogens is 2. The summed E-state index contributed by atoms with van der Waals surface area (Å²) in [6, 6.07) is 2.36. The number of anilines is 1. The van der Waals surface area contributed by atoms with Crippen LogP contribution in [-0.4, -0.2) is 18.2 Å². The van der Waals surface area contributed by atoms with Crippen LogP contribution >= 0.6 is 15.9 Å².